The van der Waals surface area contributed by atoms with Gasteiger partial charge in [-0.15, -0.1) is 0 Å². The molecule has 166 valence electrons. The maximum absolute atomic E-state index is 11.5. The van der Waals surface area contributed by atoms with E-state index >= 15 is 0 Å². The van der Waals surface area contributed by atoms with Gasteiger partial charge in [0.1, 0.15) is 12.4 Å². The molecule has 0 saturated carbocycles. The summed E-state index contributed by atoms with van der Waals surface area (Å²) in [5.74, 6) is 0.641. The number of hydrogen-bond donors (Lipinski definition) is 1. The molecule has 1 aliphatic heterocycles. The number of aromatic nitrogens is 2. The van der Waals surface area contributed by atoms with E-state index in [1.54, 1.807) is 37.4 Å². The Balaban J connectivity index is 1.55. The van der Waals surface area contributed by atoms with Crippen LogP contribution in [0.1, 0.15) is 24.0 Å². The second-order valence-electron chi connectivity index (χ2n) is 7.20. The van der Waals surface area contributed by atoms with E-state index in [1.807, 2.05) is 0 Å². The normalized spacial score (nSPS) is 15.2. The first-order valence-corrected chi connectivity index (χ1v) is 11.6. The summed E-state index contributed by atoms with van der Waals surface area (Å²) in [6.45, 7) is 2.60. The Bertz CT molecular complexity index is 1050. The number of ether oxygens (including phenoxy) is 1. The average Bonchev–Trinajstić information content (AvgIpc) is 2.73. The molecule has 1 aliphatic rings. The number of oxime groups is 1. The Labute approximate surface area is 180 Å². The SMILES string of the molecule is Cc1c(ON=CCc2ccc(S(C)(=O)=O)cc2)ncnc1OC1CCN(C(=O)O)CC1. The fourth-order valence-corrected chi connectivity index (χ4v) is 3.69. The van der Waals surface area contributed by atoms with Gasteiger partial charge >= 0.3 is 6.09 Å². The van der Waals surface area contributed by atoms with Crippen molar-refractivity contribution < 1.29 is 27.9 Å². The molecule has 10 nitrogen and oxygen atoms in total. The largest absolute Gasteiger partial charge is 0.474 e. The molecule has 0 bridgehead atoms. The zero-order valence-electron chi connectivity index (χ0n) is 17.3. The van der Waals surface area contributed by atoms with Crippen LogP contribution in [-0.4, -0.2) is 66.1 Å². The van der Waals surface area contributed by atoms with Crippen LogP contribution >= 0.6 is 0 Å². The summed E-state index contributed by atoms with van der Waals surface area (Å²) in [4.78, 5) is 26.2. The molecule has 0 spiro atoms. The average molecular weight is 449 g/mol. The fourth-order valence-electron chi connectivity index (χ4n) is 3.06. The molecule has 1 amide bonds. The van der Waals surface area contributed by atoms with Crippen LogP contribution in [0.2, 0.25) is 0 Å². The van der Waals surface area contributed by atoms with Crippen molar-refractivity contribution in [1.29, 1.82) is 0 Å². The number of carbonyl (C=O) groups is 1. The smallest absolute Gasteiger partial charge is 0.407 e. The molecule has 2 heterocycles. The van der Waals surface area contributed by atoms with Crippen LogP contribution in [0.15, 0.2) is 40.6 Å². The zero-order chi connectivity index (χ0) is 22.4. The summed E-state index contributed by atoms with van der Waals surface area (Å²) < 4.78 is 28.9. The molecule has 11 heteroatoms. The lowest BCUT2D eigenvalue weighted by molar-refractivity contribution is 0.0863. The third kappa shape index (κ3) is 6.14. The molecular formula is C20H24N4O6S. The van der Waals surface area contributed by atoms with Gasteiger partial charge in [0, 0.05) is 44.8 Å². The highest BCUT2D eigenvalue weighted by atomic mass is 32.2. The Hall–Kier alpha value is -3.21. The number of carboxylic acid groups (broad SMARTS) is 1. The van der Waals surface area contributed by atoms with Crippen molar-refractivity contribution in [2.24, 2.45) is 5.16 Å². The van der Waals surface area contributed by atoms with Crippen LogP contribution in [0.3, 0.4) is 0 Å². The molecule has 31 heavy (non-hydrogen) atoms. The standard InChI is InChI=1S/C20H24N4O6S/c1-14-18(29-16-8-11-24(12-9-16)20(25)26)21-13-22-19(14)30-23-10-7-15-3-5-17(6-4-15)31(2,27)28/h3-6,10,13,16H,7-9,11-12H2,1-2H3,(H,25,26). The highest BCUT2D eigenvalue weighted by molar-refractivity contribution is 7.90. The van der Waals surface area contributed by atoms with Gasteiger partial charge in [-0.3, -0.25) is 0 Å². The van der Waals surface area contributed by atoms with Gasteiger partial charge in [-0.05, 0) is 24.6 Å². The second-order valence-corrected chi connectivity index (χ2v) is 9.21. The molecule has 3 rings (SSSR count). The second kappa shape index (κ2) is 9.73. The van der Waals surface area contributed by atoms with Crippen molar-refractivity contribution in [2.45, 2.75) is 37.2 Å². The molecule has 0 unspecified atom stereocenters. The molecule has 0 atom stereocenters. The highest BCUT2D eigenvalue weighted by Gasteiger charge is 2.24. The molecule has 0 radical (unpaired) electrons. The Kier molecular flexibility index (Phi) is 7.06. The van der Waals surface area contributed by atoms with Crippen LogP contribution in [0.4, 0.5) is 4.79 Å². The Morgan fingerprint density at radius 1 is 1.23 bits per heavy atom. The van der Waals surface area contributed by atoms with Crippen LogP contribution < -0.4 is 9.57 Å². The number of amides is 1. The minimum Gasteiger partial charge on any atom is -0.474 e. The lowest BCUT2D eigenvalue weighted by atomic mass is 10.1. The monoisotopic (exact) mass is 448 g/mol. The van der Waals surface area contributed by atoms with Crippen molar-refractivity contribution >= 4 is 22.1 Å². The van der Waals surface area contributed by atoms with Crippen molar-refractivity contribution in [2.75, 3.05) is 19.3 Å². The molecule has 1 saturated heterocycles. The van der Waals surface area contributed by atoms with E-state index in [9.17, 15) is 13.2 Å². The topological polar surface area (TPSA) is 131 Å². The Morgan fingerprint density at radius 3 is 2.48 bits per heavy atom. The molecule has 1 fully saturated rings. The third-order valence-corrected chi connectivity index (χ3v) is 6.00. The first-order chi connectivity index (χ1) is 14.7. The van der Waals surface area contributed by atoms with Crippen LogP contribution in [0.5, 0.6) is 11.8 Å². The van der Waals surface area contributed by atoms with E-state index in [1.165, 1.54) is 11.2 Å². The van der Waals surface area contributed by atoms with E-state index in [-0.39, 0.29) is 16.9 Å². The minimum absolute atomic E-state index is 0.129. The summed E-state index contributed by atoms with van der Waals surface area (Å²) >= 11 is 0. The van der Waals surface area contributed by atoms with Gasteiger partial charge in [-0.2, -0.15) is 4.98 Å². The molecule has 2 aromatic rings. The number of benzene rings is 1. The van der Waals surface area contributed by atoms with Crippen molar-refractivity contribution in [3.05, 3.63) is 41.7 Å². The number of hydrogen-bond acceptors (Lipinski definition) is 8. The molecular weight excluding hydrogens is 424 g/mol. The maximum atomic E-state index is 11.5. The van der Waals surface area contributed by atoms with Gasteiger partial charge in [-0.1, -0.05) is 17.3 Å². The number of rotatable bonds is 7. The summed E-state index contributed by atoms with van der Waals surface area (Å²) in [5.41, 5.74) is 1.48. The fraction of sp³-hybridized carbons (Fsp3) is 0.400. The van der Waals surface area contributed by atoms with Gasteiger partial charge < -0.3 is 19.6 Å². The quantitative estimate of drug-likeness (QED) is 0.504. The highest BCUT2D eigenvalue weighted by Crippen LogP contribution is 2.25. The predicted molar refractivity (Wildman–Crippen MR) is 112 cm³/mol. The first kappa shape index (κ1) is 22.5. The lowest BCUT2D eigenvalue weighted by Crippen LogP contribution is -2.41. The Morgan fingerprint density at radius 2 is 1.87 bits per heavy atom. The van der Waals surface area contributed by atoms with Crippen molar-refractivity contribution in [3.63, 3.8) is 0 Å². The van der Waals surface area contributed by atoms with Gasteiger partial charge in [0.25, 0.3) is 5.88 Å². The van der Waals surface area contributed by atoms with E-state index in [0.717, 1.165) is 11.8 Å². The molecule has 1 N–H and O–H groups in total. The van der Waals surface area contributed by atoms with E-state index in [4.69, 9.17) is 14.7 Å². The number of piperidine rings is 1. The first-order valence-electron chi connectivity index (χ1n) is 9.68. The van der Waals surface area contributed by atoms with Crippen LogP contribution in [0.25, 0.3) is 0 Å². The molecule has 1 aromatic carbocycles. The van der Waals surface area contributed by atoms with Crippen molar-refractivity contribution in [3.8, 4) is 11.8 Å². The lowest BCUT2D eigenvalue weighted by Gasteiger charge is -2.30. The summed E-state index contributed by atoms with van der Waals surface area (Å²) in [6.07, 6.45) is 4.62. The summed E-state index contributed by atoms with van der Waals surface area (Å²) in [7, 11) is -3.22. The van der Waals surface area contributed by atoms with E-state index in [2.05, 4.69) is 15.1 Å². The predicted octanol–water partition coefficient (Wildman–Crippen LogP) is 2.32. The number of likely N-dealkylation sites (tertiary alicyclic amines) is 1. The summed E-state index contributed by atoms with van der Waals surface area (Å²) in [5, 5.41) is 13.0. The van der Waals surface area contributed by atoms with E-state index < -0.39 is 15.9 Å². The van der Waals surface area contributed by atoms with Gasteiger partial charge in [-0.25, -0.2) is 18.2 Å². The van der Waals surface area contributed by atoms with E-state index in [0.29, 0.717) is 43.8 Å². The zero-order valence-corrected chi connectivity index (χ0v) is 18.1. The number of sulfone groups is 1. The summed E-state index contributed by atoms with van der Waals surface area (Å²) in [6, 6.07) is 6.55. The third-order valence-electron chi connectivity index (χ3n) is 4.87. The van der Waals surface area contributed by atoms with Gasteiger partial charge in [0.15, 0.2) is 9.84 Å². The maximum Gasteiger partial charge on any atom is 0.407 e. The van der Waals surface area contributed by atoms with Crippen molar-refractivity contribution in [1.82, 2.24) is 14.9 Å². The molecule has 0 aliphatic carbocycles. The molecule has 1 aromatic heterocycles. The van der Waals surface area contributed by atoms with Gasteiger partial charge in [0.2, 0.25) is 5.88 Å². The minimum atomic E-state index is -3.22. The van der Waals surface area contributed by atoms with Crippen LogP contribution in [-0.2, 0) is 16.3 Å². The van der Waals surface area contributed by atoms with Crippen LogP contribution in [0, 0.1) is 6.92 Å². The number of nitrogens with zero attached hydrogens (tertiary/aromatic N) is 4. The van der Waals surface area contributed by atoms with Gasteiger partial charge in [0.05, 0.1) is 10.5 Å².